The number of anilines is 1. The molecule has 0 aliphatic heterocycles. The molecule has 6 nitrogen and oxygen atoms in total. The SMILES string of the molecule is CCNc1ccc(C#N)cc1N=c1sc(C=NCCc2ccccc2)c(O)n1Cc1ccccc1. The highest BCUT2D eigenvalue weighted by Crippen LogP contribution is 2.27. The maximum absolute atomic E-state index is 11.1. The van der Waals surface area contributed by atoms with Crippen LogP contribution in [0.4, 0.5) is 11.4 Å². The minimum absolute atomic E-state index is 0.127. The maximum atomic E-state index is 11.1. The van der Waals surface area contributed by atoms with Crippen LogP contribution in [0.15, 0.2) is 88.8 Å². The van der Waals surface area contributed by atoms with Gasteiger partial charge >= 0.3 is 0 Å². The molecular formula is C28H27N5OS. The number of aromatic hydroxyl groups is 1. The van der Waals surface area contributed by atoms with Crippen molar-refractivity contribution in [3.8, 4) is 11.9 Å². The second-order valence-corrected chi connectivity index (χ2v) is 8.91. The van der Waals surface area contributed by atoms with Gasteiger partial charge in [-0.3, -0.25) is 9.56 Å². The van der Waals surface area contributed by atoms with Crippen molar-refractivity contribution in [2.45, 2.75) is 19.9 Å². The van der Waals surface area contributed by atoms with Crippen molar-refractivity contribution in [3.63, 3.8) is 0 Å². The fourth-order valence-corrected chi connectivity index (χ4v) is 4.55. The lowest BCUT2D eigenvalue weighted by Crippen LogP contribution is -2.15. The van der Waals surface area contributed by atoms with E-state index in [-0.39, 0.29) is 5.88 Å². The highest BCUT2D eigenvalue weighted by atomic mass is 32.1. The first-order valence-electron chi connectivity index (χ1n) is 11.5. The fourth-order valence-electron chi connectivity index (χ4n) is 3.62. The molecule has 0 amide bonds. The zero-order valence-corrected chi connectivity index (χ0v) is 20.4. The molecule has 0 aliphatic carbocycles. The lowest BCUT2D eigenvalue weighted by molar-refractivity contribution is 0.420. The summed E-state index contributed by atoms with van der Waals surface area (Å²) in [6, 6.07) is 27.7. The van der Waals surface area contributed by atoms with Gasteiger partial charge in [0.25, 0.3) is 0 Å². The number of benzene rings is 3. The van der Waals surface area contributed by atoms with E-state index in [0.717, 1.165) is 24.2 Å². The lowest BCUT2D eigenvalue weighted by Gasteiger charge is -2.08. The number of aromatic nitrogens is 1. The van der Waals surface area contributed by atoms with Gasteiger partial charge in [0.1, 0.15) is 4.88 Å². The van der Waals surface area contributed by atoms with Crippen LogP contribution < -0.4 is 10.1 Å². The molecule has 0 saturated carbocycles. The zero-order chi connectivity index (χ0) is 24.5. The molecule has 35 heavy (non-hydrogen) atoms. The number of rotatable bonds is 9. The molecule has 7 heteroatoms. The van der Waals surface area contributed by atoms with Gasteiger partial charge in [-0.05, 0) is 42.7 Å². The van der Waals surface area contributed by atoms with Crippen LogP contribution in [0.5, 0.6) is 5.88 Å². The number of hydrogen-bond donors (Lipinski definition) is 2. The summed E-state index contributed by atoms with van der Waals surface area (Å²) < 4.78 is 1.79. The monoisotopic (exact) mass is 481 g/mol. The molecule has 0 radical (unpaired) electrons. The molecule has 0 fully saturated rings. The second kappa shape index (κ2) is 11.8. The predicted octanol–water partition coefficient (Wildman–Crippen LogP) is 5.50. The van der Waals surface area contributed by atoms with E-state index in [4.69, 9.17) is 4.99 Å². The first-order chi connectivity index (χ1) is 17.2. The number of aliphatic imine (C=N–C) groups is 1. The Morgan fingerprint density at radius 1 is 1.03 bits per heavy atom. The number of nitrogens with one attached hydrogen (secondary N) is 1. The maximum Gasteiger partial charge on any atom is 0.213 e. The standard InChI is InChI=1S/C28H27N5OS/c1-2-31-24-14-13-23(18-29)17-25(24)32-28-33(20-22-11-7-4-8-12-22)27(34)26(35-28)19-30-16-15-21-9-5-3-6-10-21/h3-14,17,19,31,34H,2,15-16,20H2,1H3. The summed E-state index contributed by atoms with van der Waals surface area (Å²) in [6.45, 7) is 3.83. The Morgan fingerprint density at radius 3 is 2.43 bits per heavy atom. The molecule has 3 aromatic carbocycles. The van der Waals surface area contributed by atoms with Crippen LogP contribution in [0.3, 0.4) is 0 Å². The Balaban J connectivity index is 1.71. The Bertz CT molecular complexity index is 1400. The summed E-state index contributed by atoms with van der Waals surface area (Å²) in [6.07, 6.45) is 2.55. The Labute approximate surface area is 209 Å². The van der Waals surface area contributed by atoms with Crippen LogP contribution in [-0.4, -0.2) is 29.0 Å². The summed E-state index contributed by atoms with van der Waals surface area (Å²) in [5, 5.41) is 23.8. The molecule has 4 aromatic rings. The van der Waals surface area contributed by atoms with E-state index in [0.29, 0.717) is 34.0 Å². The van der Waals surface area contributed by atoms with E-state index in [2.05, 4.69) is 28.5 Å². The first-order valence-corrected chi connectivity index (χ1v) is 12.3. The quantitative estimate of drug-likeness (QED) is 0.310. The summed E-state index contributed by atoms with van der Waals surface area (Å²) in [5.74, 6) is 0.127. The van der Waals surface area contributed by atoms with Crippen LogP contribution in [0.25, 0.3) is 0 Å². The molecule has 0 unspecified atom stereocenters. The van der Waals surface area contributed by atoms with Gasteiger partial charge in [-0.2, -0.15) is 5.26 Å². The van der Waals surface area contributed by atoms with E-state index < -0.39 is 0 Å². The van der Waals surface area contributed by atoms with Crippen LogP contribution >= 0.6 is 11.3 Å². The second-order valence-electron chi connectivity index (χ2n) is 7.90. The molecule has 1 heterocycles. The Kier molecular flexibility index (Phi) is 8.10. The van der Waals surface area contributed by atoms with Crippen LogP contribution in [0.2, 0.25) is 0 Å². The van der Waals surface area contributed by atoms with E-state index >= 15 is 0 Å². The van der Waals surface area contributed by atoms with Gasteiger partial charge < -0.3 is 10.4 Å². The van der Waals surface area contributed by atoms with Gasteiger partial charge in [0.05, 0.1) is 29.6 Å². The van der Waals surface area contributed by atoms with Crippen LogP contribution in [0, 0.1) is 11.3 Å². The highest BCUT2D eigenvalue weighted by molar-refractivity contribution is 7.11. The molecule has 0 bridgehead atoms. The van der Waals surface area contributed by atoms with Gasteiger partial charge in [0, 0.05) is 19.3 Å². The van der Waals surface area contributed by atoms with Gasteiger partial charge in [-0.1, -0.05) is 72.0 Å². The first kappa shape index (κ1) is 24.0. The lowest BCUT2D eigenvalue weighted by atomic mass is 10.2. The van der Waals surface area contributed by atoms with Gasteiger partial charge in [0.2, 0.25) is 5.88 Å². The van der Waals surface area contributed by atoms with E-state index in [9.17, 15) is 10.4 Å². The molecule has 4 rings (SSSR count). The predicted molar refractivity (Wildman–Crippen MR) is 143 cm³/mol. The molecule has 0 aliphatic rings. The van der Waals surface area contributed by atoms with Crippen molar-refractivity contribution in [2.75, 3.05) is 18.4 Å². The topological polar surface area (TPSA) is 85.7 Å². The van der Waals surface area contributed by atoms with Crippen molar-refractivity contribution in [3.05, 3.63) is 105 Å². The minimum Gasteiger partial charge on any atom is -0.493 e. The molecule has 0 atom stereocenters. The van der Waals surface area contributed by atoms with E-state index in [1.807, 2.05) is 61.5 Å². The van der Waals surface area contributed by atoms with Crippen molar-refractivity contribution in [2.24, 2.45) is 9.98 Å². The minimum atomic E-state index is 0.127. The molecule has 1 aromatic heterocycles. The summed E-state index contributed by atoms with van der Waals surface area (Å²) in [4.78, 5) is 10.7. The summed E-state index contributed by atoms with van der Waals surface area (Å²) >= 11 is 1.37. The molecule has 0 saturated heterocycles. The Morgan fingerprint density at radius 2 is 1.74 bits per heavy atom. The van der Waals surface area contributed by atoms with E-state index in [1.165, 1.54) is 16.9 Å². The van der Waals surface area contributed by atoms with Crippen molar-refractivity contribution >= 4 is 28.9 Å². The molecule has 176 valence electrons. The number of nitriles is 1. The number of nitrogens with zero attached hydrogens (tertiary/aromatic N) is 4. The highest BCUT2D eigenvalue weighted by Gasteiger charge is 2.13. The molecular weight excluding hydrogens is 454 g/mol. The normalized spacial score (nSPS) is 11.6. The van der Waals surface area contributed by atoms with Gasteiger partial charge in [0.15, 0.2) is 4.80 Å². The van der Waals surface area contributed by atoms with E-state index in [1.54, 1.807) is 22.9 Å². The summed E-state index contributed by atoms with van der Waals surface area (Å²) in [5.41, 5.74) is 4.30. The third-order valence-electron chi connectivity index (χ3n) is 5.38. The number of hydrogen-bond acceptors (Lipinski definition) is 6. The third kappa shape index (κ3) is 6.25. The largest absolute Gasteiger partial charge is 0.493 e. The van der Waals surface area contributed by atoms with Gasteiger partial charge in [-0.25, -0.2) is 4.99 Å². The van der Waals surface area contributed by atoms with Crippen LogP contribution in [-0.2, 0) is 13.0 Å². The molecule has 0 spiro atoms. The summed E-state index contributed by atoms with van der Waals surface area (Å²) in [7, 11) is 0. The average molecular weight is 482 g/mol. The van der Waals surface area contributed by atoms with Crippen molar-refractivity contribution in [1.82, 2.24) is 4.57 Å². The third-order valence-corrected chi connectivity index (χ3v) is 6.38. The number of thiazole rings is 1. The van der Waals surface area contributed by atoms with Gasteiger partial charge in [-0.15, -0.1) is 0 Å². The van der Waals surface area contributed by atoms with Crippen molar-refractivity contribution in [1.29, 1.82) is 5.26 Å². The van der Waals surface area contributed by atoms with Crippen LogP contribution in [0.1, 0.15) is 28.5 Å². The Hall–Kier alpha value is -4.15. The average Bonchev–Trinajstić information content (AvgIpc) is 3.18. The smallest absolute Gasteiger partial charge is 0.213 e. The molecule has 2 N–H and O–H groups in total. The zero-order valence-electron chi connectivity index (χ0n) is 19.6. The van der Waals surface area contributed by atoms with Crippen molar-refractivity contribution < 1.29 is 5.11 Å². The fraction of sp³-hybridized carbons (Fsp3) is 0.179.